The molecule has 0 spiro atoms. The standard InChI is InChI=1S/C25H24Cl2N4OS/c1-14-5-4-6-15(9-14)13-33-24-29-23-28-19-11-25(2,3)12-20(32)21(19)22(31(23)30-24)17-8-7-16(26)10-18(17)27/h4-10,22H,11-13H2,1-3H3,(H,28,29,30)/t22-/m1/s1. The molecule has 0 radical (unpaired) electrons. The highest BCUT2D eigenvalue weighted by atomic mass is 35.5. The van der Waals surface area contributed by atoms with Gasteiger partial charge in [-0.2, -0.15) is 4.98 Å². The highest BCUT2D eigenvalue weighted by molar-refractivity contribution is 7.98. The average molecular weight is 499 g/mol. The molecule has 170 valence electrons. The van der Waals surface area contributed by atoms with Crippen LogP contribution in [0.4, 0.5) is 5.95 Å². The van der Waals surface area contributed by atoms with E-state index >= 15 is 0 Å². The monoisotopic (exact) mass is 498 g/mol. The SMILES string of the molecule is Cc1cccc(CSc2nc3n(n2)[C@H](c2ccc(Cl)cc2Cl)C2=C(CC(C)(C)CC2=O)N3)c1. The van der Waals surface area contributed by atoms with Crippen molar-refractivity contribution in [3.63, 3.8) is 0 Å². The van der Waals surface area contributed by atoms with Gasteiger partial charge in [-0.15, -0.1) is 5.10 Å². The van der Waals surface area contributed by atoms with Gasteiger partial charge in [0, 0.05) is 39.1 Å². The van der Waals surface area contributed by atoms with E-state index in [1.54, 1.807) is 28.6 Å². The molecule has 0 unspecified atom stereocenters. The molecule has 5 nitrogen and oxygen atoms in total. The van der Waals surface area contributed by atoms with Crippen molar-refractivity contribution in [2.45, 2.75) is 50.6 Å². The van der Waals surface area contributed by atoms with Crippen molar-refractivity contribution in [1.29, 1.82) is 0 Å². The van der Waals surface area contributed by atoms with Crippen LogP contribution in [0.15, 0.2) is 58.9 Å². The maximum atomic E-state index is 13.3. The maximum Gasteiger partial charge on any atom is 0.227 e. The Labute approximate surface area is 207 Å². The normalized spacial score (nSPS) is 19.2. The van der Waals surface area contributed by atoms with E-state index in [4.69, 9.17) is 33.3 Å². The van der Waals surface area contributed by atoms with Crippen LogP contribution in [0.25, 0.3) is 0 Å². The van der Waals surface area contributed by atoms with Crippen molar-refractivity contribution >= 4 is 46.7 Å². The molecule has 2 aromatic carbocycles. The lowest BCUT2D eigenvalue weighted by molar-refractivity contribution is -0.118. The minimum absolute atomic E-state index is 0.111. The second kappa shape index (κ2) is 8.49. The van der Waals surface area contributed by atoms with Crippen LogP contribution in [0.3, 0.4) is 0 Å². The van der Waals surface area contributed by atoms with E-state index < -0.39 is 6.04 Å². The zero-order chi connectivity index (χ0) is 23.3. The topological polar surface area (TPSA) is 59.8 Å². The Morgan fingerprint density at radius 2 is 2.00 bits per heavy atom. The zero-order valence-corrected chi connectivity index (χ0v) is 21.0. The molecular formula is C25H24Cl2N4OS. The van der Waals surface area contributed by atoms with E-state index in [1.165, 1.54) is 11.1 Å². The number of anilines is 1. The summed E-state index contributed by atoms with van der Waals surface area (Å²) in [6.45, 7) is 6.31. The Bertz CT molecular complexity index is 1300. The molecule has 8 heteroatoms. The Morgan fingerprint density at radius 1 is 1.18 bits per heavy atom. The van der Waals surface area contributed by atoms with Crippen LogP contribution in [0.2, 0.25) is 10.0 Å². The average Bonchev–Trinajstić information content (AvgIpc) is 3.13. The summed E-state index contributed by atoms with van der Waals surface area (Å²) in [5, 5.41) is 9.92. The molecule has 1 N–H and O–H groups in total. The quantitative estimate of drug-likeness (QED) is 0.398. The van der Waals surface area contributed by atoms with Gasteiger partial charge in [0.15, 0.2) is 5.78 Å². The fraction of sp³-hybridized carbons (Fsp3) is 0.320. The van der Waals surface area contributed by atoms with E-state index in [1.807, 2.05) is 6.07 Å². The fourth-order valence-electron chi connectivity index (χ4n) is 4.61. The summed E-state index contributed by atoms with van der Waals surface area (Å²) in [7, 11) is 0. The van der Waals surface area contributed by atoms with Gasteiger partial charge in [0.25, 0.3) is 0 Å². The molecule has 0 saturated carbocycles. The molecule has 0 saturated heterocycles. The molecule has 1 aromatic heterocycles. The first-order valence-electron chi connectivity index (χ1n) is 10.8. The van der Waals surface area contributed by atoms with E-state index in [9.17, 15) is 4.79 Å². The number of thioether (sulfide) groups is 1. The number of halogens is 2. The summed E-state index contributed by atoms with van der Waals surface area (Å²) in [5.74, 6) is 1.50. The summed E-state index contributed by atoms with van der Waals surface area (Å²) < 4.78 is 1.79. The third-order valence-corrected chi connectivity index (χ3v) is 7.49. The number of benzene rings is 2. The van der Waals surface area contributed by atoms with Crippen molar-refractivity contribution in [2.75, 3.05) is 5.32 Å². The molecule has 5 rings (SSSR count). The van der Waals surface area contributed by atoms with Gasteiger partial charge in [-0.05, 0) is 36.5 Å². The Hall–Kier alpha value is -2.28. The number of aryl methyl sites for hydroxylation is 1. The largest absolute Gasteiger partial charge is 0.328 e. The minimum Gasteiger partial charge on any atom is -0.328 e. The smallest absolute Gasteiger partial charge is 0.227 e. The number of allylic oxidation sites excluding steroid dienone is 2. The number of rotatable bonds is 4. The number of carbonyl (C=O) groups excluding carboxylic acids is 1. The van der Waals surface area contributed by atoms with Crippen LogP contribution in [-0.4, -0.2) is 20.5 Å². The van der Waals surface area contributed by atoms with Gasteiger partial charge in [-0.25, -0.2) is 4.68 Å². The van der Waals surface area contributed by atoms with Gasteiger partial charge in [-0.1, -0.05) is 84.7 Å². The van der Waals surface area contributed by atoms with Gasteiger partial charge >= 0.3 is 0 Å². The molecule has 1 aliphatic carbocycles. The third-order valence-electron chi connectivity index (χ3n) is 6.02. The van der Waals surface area contributed by atoms with Gasteiger partial charge in [0.2, 0.25) is 11.1 Å². The summed E-state index contributed by atoms with van der Waals surface area (Å²) >= 11 is 14.4. The molecule has 1 aliphatic heterocycles. The summed E-state index contributed by atoms with van der Waals surface area (Å²) in [4.78, 5) is 18.1. The molecule has 33 heavy (non-hydrogen) atoms. The minimum atomic E-state index is -0.439. The number of fused-ring (bicyclic) bond motifs is 1. The molecule has 2 aliphatic rings. The fourth-order valence-corrected chi connectivity index (χ4v) is 5.90. The van der Waals surface area contributed by atoms with Gasteiger partial charge < -0.3 is 5.32 Å². The highest BCUT2D eigenvalue weighted by Crippen LogP contribution is 2.47. The summed E-state index contributed by atoms with van der Waals surface area (Å²) in [5.41, 5.74) is 4.73. The van der Waals surface area contributed by atoms with Crippen molar-refractivity contribution < 1.29 is 4.79 Å². The zero-order valence-electron chi connectivity index (χ0n) is 18.7. The van der Waals surface area contributed by atoms with E-state index in [0.717, 1.165) is 23.4 Å². The predicted octanol–water partition coefficient (Wildman–Crippen LogP) is 6.84. The van der Waals surface area contributed by atoms with Crippen LogP contribution in [-0.2, 0) is 10.5 Å². The molecule has 0 amide bonds. The molecule has 1 atom stereocenters. The van der Waals surface area contributed by atoms with Crippen LogP contribution in [0.5, 0.6) is 0 Å². The third kappa shape index (κ3) is 4.44. The lowest BCUT2D eigenvalue weighted by Gasteiger charge is -2.38. The van der Waals surface area contributed by atoms with Crippen LogP contribution >= 0.6 is 35.0 Å². The van der Waals surface area contributed by atoms with Gasteiger partial charge in [0.1, 0.15) is 6.04 Å². The van der Waals surface area contributed by atoms with Gasteiger partial charge in [0.05, 0.1) is 0 Å². The number of nitrogens with one attached hydrogen (secondary N) is 1. The number of hydrogen-bond acceptors (Lipinski definition) is 5. The van der Waals surface area contributed by atoms with E-state index in [2.05, 4.69) is 50.4 Å². The summed E-state index contributed by atoms with van der Waals surface area (Å²) in [6, 6.07) is 13.4. The Balaban J connectivity index is 1.55. The molecular weight excluding hydrogens is 475 g/mol. The number of ketones is 1. The summed E-state index contributed by atoms with van der Waals surface area (Å²) in [6.07, 6.45) is 1.24. The number of nitrogens with zero attached hydrogens (tertiary/aromatic N) is 3. The van der Waals surface area contributed by atoms with E-state index in [0.29, 0.717) is 33.1 Å². The van der Waals surface area contributed by atoms with Crippen LogP contribution < -0.4 is 5.32 Å². The highest BCUT2D eigenvalue weighted by Gasteiger charge is 2.42. The maximum absolute atomic E-state index is 13.3. The van der Waals surface area contributed by atoms with Crippen LogP contribution in [0.1, 0.15) is 49.4 Å². The Kier molecular flexibility index (Phi) is 5.79. The van der Waals surface area contributed by atoms with Crippen molar-refractivity contribution in [3.8, 4) is 0 Å². The number of carbonyl (C=O) groups is 1. The first kappa shape index (κ1) is 22.5. The van der Waals surface area contributed by atoms with Crippen molar-refractivity contribution in [1.82, 2.24) is 14.8 Å². The van der Waals surface area contributed by atoms with E-state index in [-0.39, 0.29) is 11.2 Å². The lowest BCUT2D eigenvalue weighted by atomic mass is 9.73. The first-order valence-corrected chi connectivity index (χ1v) is 12.6. The van der Waals surface area contributed by atoms with Crippen LogP contribution in [0, 0.1) is 12.3 Å². The molecule has 0 fully saturated rings. The first-order chi connectivity index (χ1) is 15.7. The Morgan fingerprint density at radius 3 is 2.76 bits per heavy atom. The molecule has 3 aromatic rings. The number of hydrogen-bond donors (Lipinski definition) is 1. The number of Topliss-reactive ketones (excluding diaryl/α,β-unsaturated/α-hetero) is 1. The predicted molar refractivity (Wildman–Crippen MR) is 134 cm³/mol. The van der Waals surface area contributed by atoms with Crippen molar-refractivity contribution in [2.24, 2.45) is 5.41 Å². The second-order valence-corrected chi connectivity index (χ2v) is 11.3. The number of aromatic nitrogens is 3. The van der Waals surface area contributed by atoms with Crippen molar-refractivity contribution in [3.05, 3.63) is 80.5 Å². The van der Waals surface area contributed by atoms with Gasteiger partial charge in [-0.3, -0.25) is 4.79 Å². The molecule has 2 heterocycles. The second-order valence-electron chi connectivity index (χ2n) is 9.47. The molecule has 0 bridgehead atoms. The lowest BCUT2D eigenvalue weighted by Crippen LogP contribution is -2.36.